The van der Waals surface area contributed by atoms with E-state index in [9.17, 15) is 116 Å². The van der Waals surface area contributed by atoms with Crippen molar-refractivity contribution in [2.24, 2.45) is 0 Å². The number of aliphatic hydroxyl groups is 18. The summed E-state index contributed by atoms with van der Waals surface area (Å²) in [4.78, 5) is 52.9. The summed E-state index contributed by atoms with van der Waals surface area (Å²) in [5.41, 5.74) is 0. The lowest BCUT2D eigenvalue weighted by atomic mass is 9.88. The molecular weight excluding hydrogens is 1650 g/mol. The Morgan fingerprint density at radius 1 is 0.432 bits per heavy atom. The molecule has 730 valence electrons. The molecule has 0 saturated carbocycles. The SMILES string of the molecule is CCCCCCCCCCCCC/C=C/[C@@H](O)[C@H](CO[C@@H]1OC(CO)[C@@H](O[C@@H]2OC(CO)[C@H](O)[C@H](O[C@@H]3OC(CO)[C@@H](O[C@@H]4OC(CO)[C@H](O)[C@H](O[C@]5(C(=O)O)CC(O)[C@@H](NC(C)=O)C([C@H](O)[C@H](O)CO)O5)C4O)[C@H](O[C@H]4OC(C)[C@@H](O)C(O)[C@@H]4O)C3NC(C)=O)C2O)[C@H](O)C1O)NC(=O)CCCCCCCCCCCCCCCCCCCCCCCCC. The fourth-order valence-corrected chi connectivity index (χ4v) is 17.2. The van der Waals surface area contributed by atoms with Crippen molar-refractivity contribution in [3.8, 4) is 0 Å². The van der Waals surface area contributed by atoms with Crippen molar-refractivity contribution in [1.82, 2.24) is 16.0 Å². The number of unbranched alkanes of at least 4 members (excludes halogenated alkanes) is 33. The second-order valence-electron chi connectivity index (χ2n) is 34.9. The van der Waals surface area contributed by atoms with Crippen molar-refractivity contribution >= 4 is 23.7 Å². The van der Waals surface area contributed by atoms with Crippen LogP contribution in [0.4, 0.5) is 0 Å². The number of carbonyl (C=O) groups is 4. The zero-order valence-electron chi connectivity index (χ0n) is 74.1. The molecule has 38 heteroatoms. The highest BCUT2D eigenvalue weighted by Crippen LogP contribution is 2.41. The van der Waals surface area contributed by atoms with E-state index >= 15 is 0 Å². The highest BCUT2D eigenvalue weighted by atomic mass is 16.8. The van der Waals surface area contributed by atoms with Gasteiger partial charge < -0.3 is 170 Å². The number of carboxylic acids is 1. The standard InChI is InChI=1S/C87H157N3O35/c1-6-8-10-12-14-16-18-20-21-22-23-24-25-26-27-28-29-31-33-35-37-39-41-43-62(101)90-54(55(98)42-40-38-36-34-32-30-19-17-15-13-11-9-7-2)50-114-82-72(109)70(107)75(60(48-94)119-82)120-84-73(110)79(67(104)58(46-92)116-84)123-81-64(89-53(5)97)78(122-83-71(108)69(106)65(102)51(3)115-83)76(61(49-95)118-81)121-85-74(111)80(68(105)59(47-93)117-85)125-87(86(112)113)44-56(99)63(88-52(4)96)77(124-87)66(103)57(100)45-91/h40,42,51,54-61,63-85,91-95,98-100,102-111H,6-39,41,43-50H2,1-5H3,(H,88,96)(H,89,97)(H,90,101)(H,112,113)/b42-40+/t51?,54-,55+,56?,57+,58?,59?,60?,61?,63+,64?,65+,66+,67-,68-,69?,70+,71-,72?,73?,74?,75+,76+,77?,78+,79-,80-,81-,82+,83+,84-,85-,87-/m0/s1. The number of carbonyl (C=O) groups excluding carboxylic acids is 3. The Morgan fingerprint density at radius 2 is 0.832 bits per heavy atom. The van der Waals surface area contributed by atoms with Gasteiger partial charge in [-0.15, -0.1) is 0 Å². The van der Waals surface area contributed by atoms with Crippen LogP contribution in [0, 0.1) is 0 Å². The number of carboxylic acid groups (broad SMARTS) is 1. The number of allylic oxidation sites excluding steroid dienone is 1. The van der Waals surface area contributed by atoms with E-state index in [0.717, 1.165) is 65.2 Å². The summed E-state index contributed by atoms with van der Waals surface area (Å²) >= 11 is 0. The van der Waals surface area contributed by atoms with Gasteiger partial charge in [0.2, 0.25) is 17.7 Å². The summed E-state index contributed by atoms with van der Waals surface area (Å²) in [5, 5.41) is 221. The highest BCUT2D eigenvalue weighted by Gasteiger charge is 2.62. The third-order valence-corrected chi connectivity index (χ3v) is 24.7. The van der Waals surface area contributed by atoms with Crippen molar-refractivity contribution < 1.29 is 173 Å². The van der Waals surface area contributed by atoms with Gasteiger partial charge in [0.15, 0.2) is 31.5 Å². The number of rotatable bonds is 62. The molecule has 6 aliphatic heterocycles. The van der Waals surface area contributed by atoms with E-state index in [0.29, 0.717) is 12.8 Å². The molecule has 33 atom stereocenters. The molecule has 0 radical (unpaired) electrons. The van der Waals surface area contributed by atoms with Crippen molar-refractivity contribution in [3.63, 3.8) is 0 Å². The van der Waals surface area contributed by atoms with Crippen molar-refractivity contribution in [1.29, 1.82) is 0 Å². The number of aliphatic carboxylic acids is 1. The van der Waals surface area contributed by atoms with Gasteiger partial charge in [-0.05, 0) is 26.2 Å². The first-order valence-electron chi connectivity index (χ1n) is 46.5. The molecule has 0 bridgehead atoms. The normalized spacial score (nSPS) is 35.1. The summed E-state index contributed by atoms with van der Waals surface area (Å²) in [6, 6.07) is -4.81. The molecule has 0 spiro atoms. The number of ether oxygens (including phenoxy) is 12. The Kier molecular flexibility index (Phi) is 52.1. The van der Waals surface area contributed by atoms with E-state index in [1.54, 1.807) is 6.08 Å². The molecule has 6 saturated heterocycles. The molecule has 0 aromatic rings. The quantitative estimate of drug-likeness (QED) is 0.0297. The minimum absolute atomic E-state index is 0.152. The summed E-state index contributed by atoms with van der Waals surface area (Å²) < 4.78 is 72.3. The second kappa shape index (κ2) is 59.1. The van der Waals surface area contributed by atoms with Crippen molar-refractivity contribution in [2.75, 3.05) is 39.6 Å². The van der Waals surface area contributed by atoms with Crippen LogP contribution < -0.4 is 16.0 Å². The molecule has 6 fully saturated rings. The van der Waals surface area contributed by atoms with Crippen LogP contribution in [0.1, 0.15) is 272 Å². The molecule has 0 aliphatic carbocycles. The van der Waals surface area contributed by atoms with Gasteiger partial charge in [-0.3, -0.25) is 14.4 Å². The molecule has 6 aliphatic rings. The van der Waals surface area contributed by atoms with Crippen molar-refractivity contribution in [2.45, 2.75) is 474 Å². The van der Waals surface area contributed by atoms with E-state index < -0.39 is 266 Å². The van der Waals surface area contributed by atoms with Gasteiger partial charge in [0, 0.05) is 26.7 Å². The molecule has 38 nitrogen and oxygen atoms in total. The summed E-state index contributed by atoms with van der Waals surface area (Å²) in [6.07, 6.45) is -15.1. The lowest BCUT2D eigenvalue weighted by Gasteiger charge is -2.52. The van der Waals surface area contributed by atoms with Crippen molar-refractivity contribution in [3.05, 3.63) is 12.2 Å². The lowest BCUT2D eigenvalue weighted by Crippen LogP contribution is -2.72. The average molecular weight is 1810 g/mol. The van der Waals surface area contributed by atoms with E-state index in [2.05, 4.69) is 29.8 Å². The molecule has 22 N–H and O–H groups in total. The van der Waals surface area contributed by atoms with Crippen LogP contribution >= 0.6 is 0 Å². The second-order valence-corrected chi connectivity index (χ2v) is 34.9. The minimum atomic E-state index is -3.28. The minimum Gasteiger partial charge on any atom is -0.477 e. The van der Waals surface area contributed by atoms with E-state index in [1.165, 1.54) is 167 Å². The van der Waals surface area contributed by atoms with Crippen LogP contribution in [0.15, 0.2) is 12.2 Å². The maximum absolute atomic E-state index is 13.7. The third-order valence-electron chi connectivity index (χ3n) is 24.7. The monoisotopic (exact) mass is 1800 g/mol. The number of nitrogens with one attached hydrogen (secondary N) is 3. The molecule has 6 rings (SSSR count). The fourth-order valence-electron chi connectivity index (χ4n) is 17.2. The summed E-state index contributed by atoms with van der Waals surface area (Å²) in [6.45, 7) is 1.55. The van der Waals surface area contributed by atoms with Gasteiger partial charge in [-0.1, -0.05) is 231 Å². The van der Waals surface area contributed by atoms with Crippen LogP contribution in [-0.4, -0.2) is 362 Å². The topological polar surface area (TPSA) is 600 Å². The van der Waals surface area contributed by atoms with Gasteiger partial charge in [0.25, 0.3) is 5.79 Å². The van der Waals surface area contributed by atoms with Crippen LogP contribution in [0.5, 0.6) is 0 Å². The molecule has 125 heavy (non-hydrogen) atoms. The van der Waals surface area contributed by atoms with E-state index in [-0.39, 0.29) is 12.3 Å². The maximum atomic E-state index is 13.7. The maximum Gasteiger partial charge on any atom is 0.364 e. The number of amides is 3. The van der Waals surface area contributed by atoms with E-state index in [1.807, 2.05) is 6.08 Å². The third kappa shape index (κ3) is 34.8. The fraction of sp³-hybridized carbons (Fsp3) is 0.931. The smallest absolute Gasteiger partial charge is 0.364 e. The largest absolute Gasteiger partial charge is 0.477 e. The predicted octanol–water partition coefficient (Wildman–Crippen LogP) is 0.930. The predicted molar refractivity (Wildman–Crippen MR) is 447 cm³/mol. The zero-order chi connectivity index (χ0) is 91.7. The van der Waals surface area contributed by atoms with E-state index in [4.69, 9.17) is 56.8 Å². The van der Waals surface area contributed by atoms with Crippen LogP contribution in [-0.2, 0) is 76.0 Å². The van der Waals surface area contributed by atoms with Crippen LogP contribution in [0.25, 0.3) is 0 Å². The Hall–Kier alpha value is -3.58. The number of hydrogen-bond acceptors (Lipinski definition) is 34. The number of hydrogen-bond donors (Lipinski definition) is 22. The lowest BCUT2D eigenvalue weighted by molar-refractivity contribution is -0.399. The Morgan fingerprint density at radius 3 is 1.30 bits per heavy atom. The molecule has 6 heterocycles. The van der Waals surface area contributed by atoms with Crippen LogP contribution in [0.2, 0.25) is 0 Å². The Labute approximate surface area is 735 Å². The summed E-state index contributed by atoms with van der Waals surface area (Å²) in [5.74, 6) is -7.56. The van der Waals surface area contributed by atoms with Gasteiger partial charge >= 0.3 is 5.97 Å². The van der Waals surface area contributed by atoms with Gasteiger partial charge in [-0.2, -0.15) is 0 Å². The van der Waals surface area contributed by atoms with Crippen LogP contribution in [0.3, 0.4) is 0 Å². The Balaban J connectivity index is 1.14. The van der Waals surface area contributed by atoms with Gasteiger partial charge in [-0.25, -0.2) is 4.79 Å². The van der Waals surface area contributed by atoms with Gasteiger partial charge in [0.1, 0.15) is 134 Å². The van der Waals surface area contributed by atoms with Gasteiger partial charge in [0.05, 0.1) is 70.0 Å². The zero-order valence-corrected chi connectivity index (χ0v) is 74.1. The summed E-state index contributed by atoms with van der Waals surface area (Å²) in [7, 11) is 0. The Bertz CT molecular complexity index is 2960. The first kappa shape index (κ1) is 110. The molecule has 0 aromatic heterocycles. The number of aliphatic hydroxyl groups excluding tert-OH is 18. The molecule has 3 amide bonds. The first-order valence-corrected chi connectivity index (χ1v) is 46.5. The first-order chi connectivity index (χ1) is 60.0. The molecule has 12 unspecified atom stereocenters. The molecular formula is C87H157N3O35. The highest BCUT2D eigenvalue weighted by molar-refractivity contribution is 5.77. The average Bonchev–Trinajstić information content (AvgIpc) is 0.801. The molecule has 0 aromatic carbocycles.